The molecule has 21 heavy (non-hydrogen) atoms. The van der Waals surface area contributed by atoms with Gasteiger partial charge in [-0.25, -0.2) is 0 Å². The van der Waals surface area contributed by atoms with Crippen LogP contribution < -0.4 is 5.32 Å². The maximum absolute atomic E-state index is 11.7. The summed E-state index contributed by atoms with van der Waals surface area (Å²) in [7, 11) is 0. The van der Waals surface area contributed by atoms with Gasteiger partial charge in [0, 0.05) is 16.7 Å². The number of nitrogens with one attached hydrogen (secondary N) is 1. The standard InChI is InChI=1S/C17H18BrNO2/c1-13-2-8-16(9-3-13)19-11-10-17(20)21-12-14-4-6-15(18)7-5-14/h2-9,19H,10-12H2,1H3. The van der Waals surface area contributed by atoms with E-state index in [0.29, 0.717) is 19.6 Å². The fourth-order valence-electron chi connectivity index (χ4n) is 1.80. The van der Waals surface area contributed by atoms with E-state index in [2.05, 4.69) is 21.2 Å². The highest BCUT2D eigenvalue weighted by molar-refractivity contribution is 9.10. The van der Waals surface area contributed by atoms with Crippen molar-refractivity contribution < 1.29 is 9.53 Å². The molecular weight excluding hydrogens is 330 g/mol. The SMILES string of the molecule is Cc1ccc(NCCC(=O)OCc2ccc(Br)cc2)cc1. The molecule has 0 spiro atoms. The maximum Gasteiger partial charge on any atom is 0.307 e. The predicted molar refractivity (Wildman–Crippen MR) is 88.2 cm³/mol. The first-order valence-electron chi connectivity index (χ1n) is 6.84. The minimum absolute atomic E-state index is 0.197. The van der Waals surface area contributed by atoms with Crippen molar-refractivity contribution in [2.24, 2.45) is 0 Å². The van der Waals surface area contributed by atoms with Crippen molar-refractivity contribution in [3.8, 4) is 0 Å². The average molecular weight is 348 g/mol. The summed E-state index contributed by atoms with van der Waals surface area (Å²) in [5, 5.41) is 3.20. The lowest BCUT2D eigenvalue weighted by molar-refractivity contribution is -0.144. The molecule has 0 saturated carbocycles. The second kappa shape index (κ2) is 7.84. The van der Waals surface area contributed by atoms with Gasteiger partial charge in [-0.05, 0) is 36.8 Å². The summed E-state index contributed by atoms with van der Waals surface area (Å²) in [6.07, 6.45) is 0.352. The van der Waals surface area contributed by atoms with Crippen LogP contribution in [0.15, 0.2) is 53.0 Å². The Labute approximate surface area is 133 Å². The third-order valence-corrected chi connectivity index (χ3v) is 3.55. The molecule has 0 fully saturated rings. The molecule has 0 aliphatic carbocycles. The fourth-order valence-corrected chi connectivity index (χ4v) is 2.06. The summed E-state index contributed by atoms with van der Waals surface area (Å²) in [5.41, 5.74) is 3.22. The molecule has 0 atom stereocenters. The number of aryl methyl sites for hydroxylation is 1. The number of esters is 1. The Morgan fingerprint density at radius 2 is 1.76 bits per heavy atom. The predicted octanol–water partition coefficient (Wildman–Crippen LogP) is 4.30. The fraction of sp³-hybridized carbons (Fsp3) is 0.235. The zero-order chi connectivity index (χ0) is 15.1. The van der Waals surface area contributed by atoms with Gasteiger partial charge >= 0.3 is 5.97 Å². The molecule has 0 aromatic heterocycles. The highest BCUT2D eigenvalue weighted by Crippen LogP contribution is 2.12. The molecule has 2 rings (SSSR count). The number of carbonyl (C=O) groups excluding carboxylic acids is 1. The van der Waals surface area contributed by atoms with Crippen molar-refractivity contribution in [1.82, 2.24) is 0 Å². The van der Waals surface area contributed by atoms with Gasteiger partial charge in [-0.3, -0.25) is 4.79 Å². The van der Waals surface area contributed by atoms with E-state index in [-0.39, 0.29) is 5.97 Å². The van der Waals surface area contributed by atoms with Crippen LogP contribution in [-0.2, 0) is 16.1 Å². The topological polar surface area (TPSA) is 38.3 Å². The molecule has 0 bridgehead atoms. The number of anilines is 1. The van der Waals surface area contributed by atoms with Gasteiger partial charge in [0.1, 0.15) is 6.61 Å². The monoisotopic (exact) mass is 347 g/mol. The quantitative estimate of drug-likeness (QED) is 0.791. The number of ether oxygens (including phenoxy) is 1. The Morgan fingerprint density at radius 1 is 1.10 bits per heavy atom. The first kappa shape index (κ1) is 15.6. The van der Waals surface area contributed by atoms with E-state index >= 15 is 0 Å². The molecule has 3 nitrogen and oxygen atoms in total. The van der Waals surface area contributed by atoms with Crippen molar-refractivity contribution >= 4 is 27.6 Å². The molecule has 2 aromatic carbocycles. The lowest BCUT2D eigenvalue weighted by Crippen LogP contribution is -2.11. The van der Waals surface area contributed by atoms with Gasteiger partial charge in [-0.15, -0.1) is 0 Å². The molecular formula is C17H18BrNO2. The van der Waals surface area contributed by atoms with Gasteiger partial charge in [0.15, 0.2) is 0 Å². The van der Waals surface area contributed by atoms with Crippen LogP contribution >= 0.6 is 15.9 Å². The van der Waals surface area contributed by atoms with Crippen LogP contribution in [0.1, 0.15) is 17.5 Å². The van der Waals surface area contributed by atoms with Gasteiger partial charge < -0.3 is 10.1 Å². The van der Waals surface area contributed by atoms with Crippen LogP contribution in [0.2, 0.25) is 0 Å². The lowest BCUT2D eigenvalue weighted by atomic mass is 10.2. The van der Waals surface area contributed by atoms with Crippen LogP contribution in [0.3, 0.4) is 0 Å². The molecule has 4 heteroatoms. The third-order valence-electron chi connectivity index (χ3n) is 3.02. The van der Waals surface area contributed by atoms with E-state index in [1.165, 1.54) is 5.56 Å². The average Bonchev–Trinajstić information content (AvgIpc) is 2.49. The summed E-state index contributed by atoms with van der Waals surface area (Å²) in [4.78, 5) is 11.7. The number of hydrogen-bond acceptors (Lipinski definition) is 3. The molecule has 0 aliphatic heterocycles. The van der Waals surface area contributed by atoms with E-state index < -0.39 is 0 Å². The van der Waals surface area contributed by atoms with Crippen LogP contribution in [0.4, 0.5) is 5.69 Å². The highest BCUT2D eigenvalue weighted by Gasteiger charge is 2.03. The molecule has 1 N–H and O–H groups in total. The molecule has 0 saturated heterocycles. The first-order valence-corrected chi connectivity index (χ1v) is 7.63. The van der Waals surface area contributed by atoms with Crippen LogP contribution in [0.25, 0.3) is 0 Å². The Kier molecular flexibility index (Phi) is 5.81. The minimum atomic E-state index is -0.197. The molecule has 0 radical (unpaired) electrons. The number of carbonyl (C=O) groups is 1. The molecule has 2 aromatic rings. The summed E-state index contributed by atoms with van der Waals surface area (Å²) < 4.78 is 6.24. The second-order valence-electron chi connectivity index (χ2n) is 4.83. The van der Waals surface area contributed by atoms with E-state index in [1.54, 1.807) is 0 Å². The van der Waals surface area contributed by atoms with E-state index in [0.717, 1.165) is 15.7 Å². The minimum Gasteiger partial charge on any atom is -0.461 e. The third kappa shape index (κ3) is 5.60. The zero-order valence-corrected chi connectivity index (χ0v) is 13.5. The zero-order valence-electron chi connectivity index (χ0n) is 11.9. The summed E-state index contributed by atoms with van der Waals surface area (Å²) in [6, 6.07) is 15.8. The van der Waals surface area contributed by atoms with Crippen LogP contribution in [0, 0.1) is 6.92 Å². The maximum atomic E-state index is 11.7. The van der Waals surface area contributed by atoms with Crippen molar-refractivity contribution in [1.29, 1.82) is 0 Å². The van der Waals surface area contributed by atoms with Crippen molar-refractivity contribution in [3.05, 3.63) is 64.1 Å². The Hall–Kier alpha value is -1.81. The molecule has 0 heterocycles. The number of halogens is 1. The molecule has 0 amide bonds. The van der Waals surface area contributed by atoms with Crippen molar-refractivity contribution in [2.75, 3.05) is 11.9 Å². The lowest BCUT2D eigenvalue weighted by Gasteiger charge is -2.07. The van der Waals surface area contributed by atoms with E-state index in [4.69, 9.17) is 4.74 Å². The van der Waals surface area contributed by atoms with Gasteiger partial charge in [-0.2, -0.15) is 0 Å². The van der Waals surface area contributed by atoms with Crippen molar-refractivity contribution in [3.63, 3.8) is 0 Å². The smallest absolute Gasteiger partial charge is 0.307 e. The van der Waals surface area contributed by atoms with Crippen LogP contribution in [-0.4, -0.2) is 12.5 Å². The molecule has 0 aliphatic rings. The summed E-state index contributed by atoms with van der Waals surface area (Å²) >= 11 is 3.37. The Balaban J connectivity index is 1.67. The first-order chi connectivity index (χ1) is 10.1. The normalized spacial score (nSPS) is 10.2. The Bertz CT molecular complexity index is 579. The number of hydrogen-bond donors (Lipinski definition) is 1. The van der Waals surface area contributed by atoms with Crippen LogP contribution in [0.5, 0.6) is 0 Å². The van der Waals surface area contributed by atoms with Crippen molar-refractivity contribution in [2.45, 2.75) is 20.0 Å². The molecule has 110 valence electrons. The molecule has 0 unspecified atom stereocenters. The summed E-state index contributed by atoms with van der Waals surface area (Å²) in [5.74, 6) is -0.197. The summed E-state index contributed by atoms with van der Waals surface area (Å²) in [6.45, 7) is 2.93. The number of benzene rings is 2. The Morgan fingerprint density at radius 3 is 2.43 bits per heavy atom. The second-order valence-corrected chi connectivity index (χ2v) is 5.75. The van der Waals surface area contributed by atoms with Gasteiger partial charge in [0.05, 0.1) is 6.42 Å². The van der Waals surface area contributed by atoms with Gasteiger partial charge in [0.25, 0.3) is 0 Å². The van der Waals surface area contributed by atoms with E-state index in [1.807, 2.05) is 55.5 Å². The van der Waals surface area contributed by atoms with E-state index in [9.17, 15) is 4.79 Å². The van der Waals surface area contributed by atoms with Gasteiger partial charge in [-0.1, -0.05) is 45.8 Å². The highest BCUT2D eigenvalue weighted by atomic mass is 79.9. The number of rotatable bonds is 6. The largest absolute Gasteiger partial charge is 0.461 e. The van der Waals surface area contributed by atoms with Gasteiger partial charge in [0.2, 0.25) is 0 Å².